The second-order valence-corrected chi connectivity index (χ2v) is 5.82. The average molecular weight is 220 g/mol. The van der Waals surface area contributed by atoms with Crippen molar-refractivity contribution in [3.63, 3.8) is 0 Å². The molecule has 0 amide bonds. The second kappa shape index (κ2) is 3.08. The number of rotatable bonds is 1. The summed E-state index contributed by atoms with van der Waals surface area (Å²) in [7, 11) is 0. The van der Waals surface area contributed by atoms with E-state index in [1.54, 1.807) is 0 Å². The van der Waals surface area contributed by atoms with Gasteiger partial charge < -0.3 is 5.73 Å². The zero-order valence-corrected chi connectivity index (χ0v) is 9.28. The number of nitrogens with two attached hydrogens (primary N) is 1. The zero-order valence-electron chi connectivity index (χ0n) is 8.47. The summed E-state index contributed by atoms with van der Waals surface area (Å²) in [4.78, 5) is 0. The molecule has 0 spiro atoms. The fourth-order valence-corrected chi connectivity index (χ4v) is 4.57. The summed E-state index contributed by atoms with van der Waals surface area (Å²) in [5.41, 5.74) is 5.21. The molecule has 82 valence electrons. The molecule has 4 atom stereocenters. The molecule has 4 bridgehead atoms. The standard InChI is InChI=1S/C11H18FN.ClH/c12-11-4-8-1-9(5-11)3-10(2-8,6-11)7-13;/h8-9H,1-7,13H2;1H/t8-,9+,10?,11?;. The summed E-state index contributed by atoms with van der Waals surface area (Å²) in [6.07, 6.45) is 6.16. The van der Waals surface area contributed by atoms with E-state index < -0.39 is 5.67 Å². The summed E-state index contributed by atoms with van der Waals surface area (Å²) >= 11 is 0. The van der Waals surface area contributed by atoms with Gasteiger partial charge in [0.2, 0.25) is 0 Å². The smallest absolute Gasteiger partial charge is 0.112 e. The van der Waals surface area contributed by atoms with Crippen LogP contribution >= 0.6 is 12.4 Å². The van der Waals surface area contributed by atoms with Gasteiger partial charge in [0, 0.05) is 0 Å². The Bertz CT molecular complexity index is 229. The molecule has 0 radical (unpaired) electrons. The summed E-state index contributed by atoms with van der Waals surface area (Å²) in [5, 5.41) is 0. The van der Waals surface area contributed by atoms with E-state index in [4.69, 9.17) is 5.73 Å². The molecule has 0 aromatic carbocycles. The van der Waals surface area contributed by atoms with Crippen LogP contribution in [0.5, 0.6) is 0 Å². The molecule has 0 aromatic heterocycles. The van der Waals surface area contributed by atoms with Gasteiger partial charge in [-0.1, -0.05) is 0 Å². The normalized spacial score (nSPS) is 54.4. The van der Waals surface area contributed by atoms with Crippen molar-refractivity contribution in [2.75, 3.05) is 6.54 Å². The van der Waals surface area contributed by atoms with E-state index in [0.717, 1.165) is 19.3 Å². The Morgan fingerprint density at radius 3 is 2.14 bits per heavy atom. The van der Waals surface area contributed by atoms with Crippen LogP contribution in [0.15, 0.2) is 0 Å². The highest BCUT2D eigenvalue weighted by Crippen LogP contribution is 2.62. The SMILES string of the molecule is Cl.NCC12C[C@@H]3C[C@@H](CC(F)(C3)C1)C2. The maximum Gasteiger partial charge on any atom is 0.112 e. The lowest BCUT2D eigenvalue weighted by molar-refractivity contribution is -0.119. The van der Waals surface area contributed by atoms with E-state index in [2.05, 4.69) is 0 Å². The van der Waals surface area contributed by atoms with Crippen molar-refractivity contribution in [3.8, 4) is 0 Å². The first-order valence-corrected chi connectivity index (χ1v) is 5.52. The van der Waals surface area contributed by atoms with Crippen LogP contribution in [0, 0.1) is 17.3 Å². The topological polar surface area (TPSA) is 26.0 Å². The van der Waals surface area contributed by atoms with Gasteiger partial charge in [0.1, 0.15) is 5.67 Å². The van der Waals surface area contributed by atoms with Crippen molar-refractivity contribution in [1.29, 1.82) is 0 Å². The number of hydrogen-bond acceptors (Lipinski definition) is 1. The lowest BCUT2D eigenvalue weighted by atomic mass is 9.48. The Morgan fingerprint density at radius 1 is 1.14 bits per heavy atom. The average Bonchev–Trinajstić information content (AvgIpc) is 1.99. The van der Waals surface area contributed by atoms with Gasteiger partial charge in [-0.3, -0.25) is 0 Å². The van der Waals surface area contributed by atoms with Crippen LogP contribution in [-0.2, 0) is 0 Å². The third-order valence-corrected chi connectivity index (χ3v) is 4.54. The van der Waals surface area contributed by atoms with Crippen molar-refractivity contribution < 1.29 is 4.39 Å². The molecule has 2 unspecified atom stereocenters. The Labute approximate surface area is 91.0 Å². The van der Waals surface area contributed by atoms with Gasteiger partial charge >= 0.3 is 0 Å². The Morgan fingerprint density at radius 2 is 1.71 bits per heavy atom. The summed E-state index contributed by atoms with van der Waals surface area (Å²) in [5.74, 6) is 1.32. The van der Waals surface area contributed by atoms with E-state index in [9.17, 15) is 4.39 Å². The quantitative estimate of drug-likeness (QED) is 0.721. The Kier molecular flexibility index (Phi) is 2.35. The van der Waals surface area contributed by atoms with Crippen LogP contribution in [0.4, 0.5) is 4.39 Å². The lowest BCUT2D eigenvalue weighted by Crippen LogP contribution is -2.55. The highest BCUT2D eigenvalue weighted by Gasteiger charge is 2.57. The Balaban J connectivity index is 0.000000750. The van der Waals surface area contributed by atoms with Gasteiger partial charge in [0.05, 0.1) is 0 Å². The van der Waals surface area contributed by atoms with Gasteiger partial charge in [-0.05, 0) is 62.3 Å². The minimum Gasteiger partial charge on any atom is -0.330 e. The molecule has 2 N–H and O–H groups in total. The maximum atomic E-state index is 14.3. The maximum absolute atomic E-state index is 14.3. The van der Waals surface area contributed by atoms with Crippen LogP contribution < -0.4 is 5.73 Å². The van der Waals surface area contributed by atoms with Crippen LogP contribution in [0.2, 0.25) is 0 Å². The van der Waals surface area contributed by atoms with Gasteiger partial charge in [0.25, 0.3) is 0 Å². The van der Waals surface area contributed by atoms with Crippen LogP contribution in [0.3, 0.4) is 0 Å². The summed E-state index contributed by atoms with van der Waals surface area (Å²) < 4.78 is 14.3. The molecule has 4 aliphatic rings. The molecule has 1 nitrogen and oxygen atoms in total. The fraction of sp³-hybridized carbons (Fsp3) is 1.00. The van der Waals surface area contributed by atoms with Crippen LogP contribution in [-0.4, -0.2) is 12.2 Å². The third-order valence-electron chi connectivity index (χ3n) is 4.54. The highest BCUT2D eigenvalue weighted by atomic mass is 35.5. The number of halogens is 2. The predicted octanol–water partition coefficient (Wildman–Crippen LogP) is 2.68. The van der Waals surface area contributed by atoms with E-state index in [-0.39, 0.29) is 17.8 Å². The molecule has 4 fully saturated rings. The minimum atomic E-state index is -0.816. The van der Waals surface area contributed by atoms with Crippen molar-refractivity contribution >= 4 is 12.4 Å². The molecule has 4 rings (SSSR count). The first kappa shape index (κ1) is 10.7. The predicted molar refractivity (Wildman–Crippen MR) is 57.3 cm³/mol. The first-order valence-electron chi connectivity index (χ1n) is 5.52. The van der Waals surface area contributed by atoms with E-state index in [1.807, 2.05) is 0 Å². The molecule has 4 aliphatic carbocycles. The molecule has 14 heavy (non-hydrogen) atoms. The molecule has 4 saturated carbocycles. The highest BCUT2D eigenvalue weighted by molar-refractivity contribution is 5.85. The van der Waals surface area contributed by atoms with Gasteiger partial charge in [-0.25, -0.2) is 4.39 Å². The lowest BCUT2D eigenvalue weighted by Gasteiger charge is -2.59. The largest absolute Gasteiger partial charge is 0.330 e. The molecular weight excluding hydrogens is 201 g/mol. The molecule has 0 saturated heterocycles. The number of alkyl halides is 1. The monoisotopic (exact) mass is 219 g/mol. The molecule has 3 heteroatoms. The van der Waals surface area contributed by atoms with E-state index >= 15 is 0 Å². The zero-order chi connectivity index (χ0) is 9.10. The van der Waals surface area contributed by atoms with Crippen LogP contribution in [0.1, 0.15) is 38.5 Å². The van der Waals surface area contributed by atoms with Crippen molar-refractivity contribution in [3.05, 3.63) is 0 Å². The minimum absolute atomic E-state index is 0. The fourth-order valence-electron chi connectivity index (χ4n) is 4.57. The second-order valence-electron chi connectivity index (χ2n) is 5.82. The van der Waals surface area contributed by atoms with Crippen molar-refractivity contribution in [2.24, 2.45) is 23.0 Å². The van der Waals surface area contributed by atoms with E-state index in [1.165, 1.54) is 19.3 Å². The molecule has 0 heterocycles. The Hall–Kier alpha value is 0.180. The first-order chi connectivity index (χ1) is 6.13. The van der Waals surface area contributed by atoms with Crippen LogP contribution in [0.25, 0.3) is 0 Å². The molecular formula is C11H19ClFN. The van der Waals surface area contributed by atoms with Crippen molar-refractivity contribution in [1.82, 2.24) is 0 Å². The molecule has 0 aliphatic heterocycles. The van der Waals surface area contributed by atoms with Gasteiger partial charge in [-0.2, -0.15) is 0 Å². The van der Waals surface area contributed by atoms with Gasteiger partial charge in [0.15, 0.2) is 0 Å². The summed E-state index contributed by atoms with van der Waals surface area (Å²) in [6.45, 7) is 0.714. The van der Waals surface area contributed by atoms with Crippen molar-refractivity contribution in [2.45, 2.75) is 44.2 Å². The number of hydrogen-bond donors (Lipinski definition) is 1. The van der Waals surface area contributed by atoms with Gasteiger partial charge in [-0.15, -0.1) is 12.4 Å². The molecule has 0 aromatic rings. The van der Waals surface area contributed by atoms with E-state index in [0.29, 0.717) is 18.4 Å². The summed E-state index contributed by atoms with van der Waals surface area (Å²) in [6, 6.07) is 0. The third kappa shape index (κ3) is 1.38.